The average molecular weight is 290 g/mol. The van der Waals surface area contributed by atoms with E-state index < -0.39 is 5.97 Å². The fourth-order valence-electron chi connectivity index (χ4n) is 2.45. The number of hydrogen-bond acceptors (Lipinski definition) is 3. The molecule has 0 fully saturated rings. The van der Waals surface area contributed by atoms with Crippen LogP contribution < -0.4 is 10.6 Å². The highest BCUT2D eigenvalue weighted by atomic mass is 16.4. The zero-order valence-corrected chi connectivity index (χ0v) is 12.3. The van der Waals surface area contributed by atoms with E-state index in [4.69, 9.17) is 5.11 Å². The highest BCUT2D eigenvalue weighted by Gasteiger charge is 2.13. The molecule has 1 aromatic rings. The number of carbonyl (C=O) groups excluding carboxylic acids is 1. The van der Waals surface area contributed by atoms with Crippen LogP contribution in [0.25, 0.3) is 0 Å². The first-order chi connectivity index (χ1) is 10.1. The summed E-state index contributed by atoms with van der Waals surface area (Å²) in [7, 11) is 0. The van der Waals surface area contributed by atoms with Crippen LogP contribution in [0.3, 0.4) is 0 Å². The average Bonchev–Trinajstić information content (AvgIpc) is 2.50. The summed E-state index contributed by atoms with van der Waals surface area (Å²) >= 11 is 0. The molecule has 5 nitrogen and oxygen atoms in total. The molecule has 0 spiro atoms. The molecule has 0 saturated heterocycles. The van der Waals surface area contributed by atoms with Gasteiger partial charge in [0.15, 0.2) is 0 Å². The quantitative estimate of drug-likeness (QED) is 0.702. The lowest BCUT2D eigenvalue weighted by Crippen LogP contribution is -2.25. The number of aliphatic carboxylic acids is 1. The molecule has 2 rings (SSSR count). The number of nitrogens with one attached hydrogen (secondary N) is 2. The van der Waals surface area contributed by atoms with Crippen molar-refractivity contribution in [3.63, 3.8) is 0 Å². The molecule has 3 N–H and O–H groups in total. The second-order valence-electron chi connectivity index (χ2n) is 5.54. The highest BCUT2D eigenvalue weighted by Crippen LogP contribution is 2.22. The summed E-state index contributed by atoms with van der Waals surface area (Å²) in [5.74, 6) is -1.24. The van der Waals surface area contributed by atoms with Gasteiger partial charge in [0.05, 0.1) is 5.92 Å². The Balaban J connectivity index is 1.82. The van der Waals surface area contributed by atoms with Crippen LogP contribution in [-0.2, 0) is 11.2 Å². The zero-order chi connectivity index (χ0) is 15.2. The summed E-state index contributed by atoms with van der Waals surface area (Å²) in [6.07, 6.45) is 3.33. The van der Waals surface area contributed by atoms with Crippen LogP contribution in [0.4, 0.5) is 5.69 Å². The summed E-state index contributed by atoms with van der Waals surface area (Å²) in [6.45, 7) is 3.17. The molecule has 1 unspecified atom stereocenters. The number of rotatable bonds is 6. The number of anilines is 1. The van der Waals surface area contributed by atoms with E-state index in [2.05, 4.69) is 10.6 Å². The Kier molecular flexibility index (Phi) is 5.20. The minimum absolute atomic E-state index is 0.0913. The van der Waals surface area contributed by atoms with Gasteiger partial charge < -0.3 is 15.7 Å². The van der Waals surface area contributed by atoms with Crippen molar-refractivity contribution in [2.75, 3.05) is 18.4 Å². The van der Waals surface area contributed by atoms with E-state index in [1.54, 1.807) is 6.92 Å². The maximum absolute atomic E-state index is 12.1. The lowest BCUT2D eigenvalue weighted by atomic mass is 10.0. The van der Waals surface area contributed by atoms with Gasteiger partial charge >= 0.3 is 5.97 Å². The fraction of sp³-hybridized carbons (Fsp3) is 0.500. The van der Waals surface area contributed by atoms with Crippen LogP contribution in [-0.4, -0.2) is 30.1 Å². The summed E-state index contributed by atoms with van der Waals surface area (Å²) in [5, 5.41) is 15.0. The summed E-state index contributed by atoms with van der Waals surface area (Å²) in [5.41, 5.74) is 2.98. The molecule has 0 aromatic heterocycles. The Morgan fingerprint density at radius 3 is 3.00 bits per heavy atom. The second kappa shape index (κ2) is 7.11. The van der Waals surface area contributed by atoms with Gasteiger partial charge in [0.2, 0.25) is 0 Å². The number of carboxylic acids is 1. The zero-order valence-electron chi connectivity index (χ0n) is 12.3. The maximum atomic E-state index is 12.1. The lowest BCUT2D eigenvalue weighted by molar-refractivity contribution is -0.141. The predicted octanol–water partition coefficient (Wildman–Crippen LogP) is 2.28. The van der Waals surface area contributed by atoms with Crippen molar-refractivity contribution in [1.29, 1.82) is 0 Å². The van der Waals surface area contributed by atoms with Crippen LogP contribution in [0, 0.1) is 5.92 Å². The van der Waals surface area contributed by atoms with Crippen molar-refractivity contribution in [2.24, 2.45) is 5.92 Å². The second-order valence-corrected chi connectivity index (χ2v) is 5.54. The van der Waals surface area contributed by atoms with Gasteiger partial charge in [0, 0.05) is 24.3 Å². The van der Waals surface area contributed by atoms with Crippen molar-refractivity contribution in [1.82, 2.24) is 5.32 Å². The van der Waals surface area contributed by atoms with Crippen molar-refractivity contribution < 1.29 is 14.7 Å². The monoisotopic (exact) mass is 290 g/mol. The van der Waals surface area contributed by atoms with Crippen LogP contribution in [0.5, 0.6) is 0 Å². The Hall–Kier alpha value is -2.04. The van der Waals surface area contributed by atoms with E-state index in [9.17, 15) is 9.59 Å². The van der Waals surface area contributed by atoms with Crippen molar-refractivity contribution in [2.45, 2.75) is 32.6 Å². The van der Waals surface area contributed by atoms with Gasteiger partial charge in [-0.05, 0) is 49.4 Å². The molecule has 1 heterocycles. The smallest absolute Gasteiger partial charge is 0.306 e. The molecule has 1 aromatic carbocycles. The fourth-order valence-corrected chi connectivity index (χ4v) is 2.45. The maximum Gasteiger partial charge on any atom is 0.306 e. The van der Waals surface area contributed by atoms with Crippen molar-refractivity contribution >= 4 is 17.6 Å². The molecular formula is C16H22N2O3. The number of benzene rings is 1. The van der Waals surface area contributed by atoms with Crippen LogP contribution in [0.1, 0.15) is 42.1 Å². The topological polar surface area (TPSA) is 78.4 Å². The molecule has 1 atom stereocenters. The molecular weight excluding hydrogens is 268 g/mol. The molecule has 0 radical (unpaired) electrons. The minimum Gasteiger partial charge on any atom is -0.481 e. The highest BCUT2D eigenvalue weighted by molar-refractivity contribution is 5.94. The van der Waals surface area contributed by atoms with Gasteiger partial charge in [-0.3, -0.25) is 9.59 Å². The molecule has 0 bridgehead atoms. The molecule has 1 amide bonds. The van der Waals surface area contributed by atoms with Gasteiger partial charge in [-0.15, -0.1) is 0 Å². The molecule has 1 aliphatic rings. The van der Waals surface area contributed by atoms with Crippen LogP contribution in [0.15, 0.2) is 18.2 Å². The van der Waals surface area contributed by atoms with E-state index in [1.165, 1.54) is 5.56 Å². The molecule has 5 heteroatoms. The number of carbonyl (C=O) groups is 2. The minimum atomic E-state index is -0.788. The largest absolute Gasteiger partial charge is 0.481 e. The van der Waals surface area contributed by atoms with Crippen molar-refractivity contribution in [3.8, 4) is 0 Å². The van der Waals surface area contributed by atoms with Gasteiger partial charge in [0.1, 0.15) is 0 Å². The summed E-state index contributed by atoms with van der Waals surface area (Å²) < 4.78 is 0. The number of hydrogen-bond donors (Lipinski definition) is 3. The SMILES string of the molecule is CC(CCCNC(=O)c1ccc2c(c1)CCCN2)C(=O)O. The number of fused-ring (bicyclic) bond motifs is 1. The first kappa shape index (κ1) is 15.4. The van der Waals surface area contributed by atoms with Crippen LogP contribution >= 0.6 is 0 Å². The van der Waals surface area contributed by atoms with E-state index >= 15 is 0 Å². The van der Waals surface area contributed by atoms with Gasteiger partial charge in [-0.25, -0.2) is 0 Å². The number of amides is 1. The molecule has 114 valence electrons. The third-order valence-corrected chi connectivity index (χ3v) is 3.83. The van der Waals surface area contributed by atoms with Gasteiger partial charge in [0.25, 0.3) is 5.91 Å². The standard InChI is InChI=1S/C16H22N2O3/c1-11(16(20)21)4-2-9-18-15(19)13-6-7-14-12(10-13)5-3-8-17-14/h6-7,10-11,17H,2-5,8-9H2,1H3,(H,18,19)(H,20,21). The normalized spacial score (nSPS) is 14.7. The first-order valence-electron chi connectivity index (χ1n) is 7.45. The first-order valence-corrected chi connectivity index (χ1v) is 7.45. The Morgan fingerprint density at radius 2 is 2.24 bits per heavy atom. The van der Waals surface area contributed by atoms with E-state index in [0.29, 0.717) is 24.9 Å². The number of aryl methyl sites for hydroxylation is 1. The molecule has 21 heavy (non-hydrogen) atoms. The van der Waals surface area contributed by atoms with Gasteiger partial charge in [-0.2, -0.15) is 0 Å². The predicted molar refractivity (Wildman–Crippen MR) is 81.6 cm³/mol. The lowest BCUT2D eigenvalue weighted by Gasteiger charge is -2.18. The number of carboxylic acid groups (broad SMARTS) is 1. The van der Waals surface area contributed by atoms with Crippen LogP contribution in [0.2, 0.25) is 0 Å². The van der Waals surface area contributed by atoms with Gasteiger partial charge in [-0.1, -0.05) is 6.92 Å². The Morgan fingerprint density at radius 1 is 1.43 bits per heavy atom. The van der Waals surface area contributed by atoms with Crippen molar-refractivity contribution in [3.05, 3.63) is 29.3 Å². The summed E-state index contributed by atoms with van der Waals surface area (Å²) in [6, 6.07) is 5.72. The Bertz CT molecular complexity index is 528. The van der Waals surface area contributed by atoms with E-state index in [0.717, 1.165) is 25.1 Å². The van der Waals surface area contributed by atoms with E-state index in [-0.39, 0.29) is 11.8 Å². The molecule has 0 saturated carbocycles. The molecule has 0 aliphatic carbocycles. The molecule has 1 aliphatic heterocycles. The third kappa shape index (κ3) is 4.21. The van der Waals surface area contributed by atoms with E-state index in [1.807, 2.05) is 18.2 Å². The Labute approximate surface area is 124 Å². The summed E-state index contributed by atoms with van der Waals surface area (Å²) in [4.78, 5) is 22.8. The third-order valence-electron chi connectivity index (χ3n) is 3.83.